The Kier molecular flexibility index (Phi) is 7.49. The minimum absolute atomic E-state index is 0.0180. The Bertz CT molecular complexity index is 1340. The van der Waals surface area contributed by atoms with E-state index in [1.54, 1.807) is 18.2 Å². The molecule has 1 amide bonds. The van der Waals surface area contributed by atoms with Crippen molar-refractivity contribution in [1.29, 1.82) is 0 Å². The van der Waals surface area contributed by atoms with Crippen molar-refractivity contribution in [2.75, 3.05) is 24.3 Å². The molecule has 3 aromatic carbocycles. The van der Waals surface area contributed by atoms with Crippen LogP contribution in [0.3, 0.4) is 0 Å². The molecular formula is C23H21N3O7S. The number of amides is 1. The summed E-state index contributed by atoms with van der Waals surface area (Å²) in [5, 5.41) is 13.4. The number of anilines is 2. The largest absolute Gasteiger partial charge is 0.497 e. The summed E-state index contributed by atoms with van der Waals surface area (Å²) < 4.78 is 38.3. The van der Waals surface area contributed by atoms with Crippen LogP contribution in [0.15, 0.2) is 77.7 Å². The quantitative estimate of drug-likeness (QED) is 0.266. The van der Waals surface area contributed by atoms with Gasteiger partial charge < -0.3 is 14.8 Å². The molecular weight excluding hydrogens is 462 g/mol. The van der Waals surface area contributed by atoms with E-state index in [4.69, 9.17) is 9.47 Å². The Morgan fingerprint density at radius 3 is 2.38 bits per heavy atom. The molecule has 0 aliphatic heterocycles. The predicted molar refractivity (Wildman–Crippen MR) is 128 cm³/mol. The van der Waals surface area contributed by atoms with E-state index in [0.29, 0.717) is 22.7 Å². The van der Waals surface area contributed by atoms with Crippen LogP contribution in [0.4, 0.5) is 17.1 Å². The zero-order valence-corrected chi connectivity index (χ0v) is 19.0. The molecule has 0 spiro atoms. The third kappa shape index (κ3) is 6.11. The molecule has 3 aromatic rings. The van der Waals surface area contributed by atoms with E-state index >= 15 is 0 Å². The van der Waals surface area contributed by atoms with Gasteiger partial charge in [-0.15, -0.1) is 0 Å². The Balaban J connectivity index is 1.68. The maximum atomic E-state index is 12.7. The molecule has 0 aliphatic rings. The van der Waals surface area contributed by atoms with Gasteiger partial charge in [0, 0.05) is 30.0 Å². The van der Waals surface area contributed by atoms with Crippen molar-refractivity contribution < 1.29 is 27.6 Å². The summed E-state index contributed by atoms with van der Waals surface area (Å²) in [6.45, 7) is 0. The van der Waals surface area contributed by atoms with Gasteiger partial charge in [0.1, 0.15) is 11.5 Å². The van der Waals surface area contributed by atoms with Crippen molar-refractivity contribution in [2.24, 2.45) is 0 Å². The van der Waals surface area contributed by atoms with Crippen molar-refractivity contribution in [3.63, 3.8) is 0 Å². The Hall–Kier alpha value is -4.38. The van der Waals surface area contributed by atoms with E-state index in [2.05, 4.69) is 10.0 Å². The van der Waals surface area contributed by atoms with Gasteiger partial charge in [0.2, 0.25) is 5.91 Å². The van der Waals surface area contributed by atoms with Crippen LogP contribution in [0, 0.1) is 10.1 Å². The topological polar surface area (TPSA) is 137 Å². The van der Waals surface area contributed by atoms with Gasteiger partial charge in [-0.3, -0.25) is 19.6 Å². The number of ether oxygens (including phenoxy) is 2. The van der Waals surface area contributed by atoms with Crippen molar-refractivity contribution >= 4 is 39.1 Å². The van der Waals surface area contributed by atoms with Crippen LogP contribution in [0.25, 0.3) is 6.08 Å². The summed E-state index contributed by atoms with van der Waals surface area (Å²) in [4.78, 5) is 22.5. The van der Waals surface area contributed by atoms with Crippen LogP contribution in [-0.4, -0.2) is 33.5 Å². The highest BCUT2D eigenvalue weighted by Crippen LogP contribution is 2.31. The molecule has 0 heterocycles. The number of nitrogens with zero attached hydrogens (tertiary/aromatic N) is 1. The summed E-state index contributed by atoms with van der Waals surface area (Å²) in [7, 11) is -1.02. The van der Waals surface area contributed by atoms with E-state index < -0.39 is 20.9 Å². The number of hydrogen-bond acceptors (Lipinski definition) is 7. The third-order valence-corrected chi connectivity index (χ3v) is 5.97. The van der Waals surface area contributed by atoms with E-state index in [0.717, 1.165) is 0 Å². The Morgan fingerprint density at radius 2 is 1.74 bits per heavy atom. The van der Waals surface area contributed by atoms with Crippen LogP contribution in [0.1, 0.15) is 5.56 Å². The summed E-state index contributed by atoms with van der Waals surface area (Å²) in [5.41, 5.74) is 1.02. The lowest BCUT2D eigenvalue weighted by Crippen LogP contribution is -2.14. The molecule has 34 heavy (non-hydrogen) atoms. The van der Waals surface area contributed by atoms with E-state index in [1.807, 2.05) is 0 Å². The van der Waals surface area contributed by atoms with Crippen LogP contribution in [0.2, 0.25) is 0 Å². The van der Waals surface area contributed by atoms with Gasteiger partial charge in [0.15, 0.2) is 0 Å². The van der Waals surface area contributed by atoms with Gasteiger partial charge in [0.25, 0.3) is 15.7 Å². The zero-order valence-electron chi connectivity index (χ0n) is 18.2. The van der Waals surface area contributed by atoms with Crippen molar-refractivity contribution in [1.82, 2.24) is 0 Å². The molecule has 0 aromatic heterocycles. The minimum atomic E-state index is -3.92. The fourth-order valence-corrected chi connectivity index (χ4v) is 3.97. The highest BCUT2D eigenvalue weighted by Gasteiger charge is 2.17. The monoisotopic (exact) mass is 483 g/mol. The third-order valence-electron chi connectivity index (χ3n) is 4.59. The van der Waals surface area contributed by atoms with Gasteiger partial charge in [-0.1, -0.05) is 12.1 Å². The first kappa shape index (κ1) is 24.3. The van der Waals surface area contributed by atoms with Crippen LogP contribution in [-0.2, 0) is 14.8 Å². The van der Waals surface area contributed by atoms with Gasteiger partial charge in [-0.2, -0.15) is 0 Å². The first-order valence-electron chi connectivity index (χ1n) is 9.80. The number of nitro groups is 1. The standard InChI is InChI=1S/C23H21N3O7S/c1-32-19-9-12-21(22(15-19)33-2)25-34(30,31)20-10-7-17(8-11-20)24-23(27)13-6-16-4-3-5-18(14-16)26(28)29/h3-15,25H,1-2H3,(H,24,27)/b13-6+. The lowest BCUT2D eigenvalue weighted by molar-refractivity contribution is -0.384. The highest BCUT2D eigenvalue weighted by molar-refractivity contribution is 7.92. The number of non-ortho nitro benzene ring substituents is 1. The summed E-state index contributed by atoms with van der Waals surface area (Å²) in [6.07, 6.45) is 2.66. The number of carbonyl (C=O) groups is 1. The van der Waals surface area contributed by atoms with Crippen LogP contribution in [0.5, 0.6) is 11.5 Å². The molecule has 0 aliphatic carbocycles. The molecule has 2 N–H and O–H groups in total. The molecule has 0 unspecified atom stereocenters. The number of carbonyl (C=O) groups excluding carboxylic acids is 1. The van der Waals surface area contributed by atoms with E-state index in [9.17, 15) is 23.3 Å². The highest BCUT2D eigenvalue weighted by atomic mass is 32.2. The molecule has 10 nitrogen and oxygen atoms in total. The fourth-order valence-electron chi connectivity index (χ4n) is 2.90. The number of benzene rings is 3. The SMILES string of the molecule is COc1ccc(NS(=O)(=O)c2ccc(NC(=O)/C=C/c3cccc([N+](=O)[O-])c3)cc2)c(OC)c1. The predicted octanol–water partition coefficient (Wildman–Crippen LogP) is 4.06. The number of methoxy groups -OCH3 is 2. The first-order valence-corrected chi connectivity index (χ1v) is 11.3. The molecule has 176 valence electrons. The number of nitro benzene ring substituents is 1. The van der Waals surface area contributed by atoms with Crippen molar-refractivity contribution in [3.05, 3.63) is 88.5 Å². The number of rotatable bonds is 9. The lowest BCUT2D eigenvalue weighted by atomic mass is 10.2. The van der Waals surface area contributed by atoms with Gasteiger partial charge >= 0.3 is 0 Å². The molecule has 0 saturated carbocycles. The summed E-state index contributed by atoms with van der Waals surface area (Å²) >= 11 is 0. The van der Waals surface area contributed by atoms with Crippen LogP contribution < -0.4 is 19.5 Å². The fraction of sp³-hybridized carbons (Fsp3) is 0.0870. The van der Waals surface area contributed by atoms with Crippen molar-refractivity contribution in [2.45, 2.75) is 4.90 Å². The number of sulfonamides is 1. The molecule has 3 rings (SSSR count). The van der Waals surface area contributed by atoms with E-state index in [-0.39, 0.29) is 16.3 Å². The summed E-state index contributed by atoms with van der Waals surface area (Å²) in [5.74, 6) is 0.324. The molecule has 0 saturated heterocycles. The normalized spacial score (nSPS) is 11.1. The first-order chi connectivity index (χ1) is 16.2. The smallest absolute Gasteiger partial charge is 0.270 e. The molecule has 0 fully saturated rings. The van der Waals surface area contributed by atoms with Gasteiger partial charge in [0.05, 0.1) is 29.7 Å². The zero-order chi connectivity index (χ0) is 24.7. The average molecular weight is 484 g/mol. The second-order valence-electron chi connectivity index (χ2n) is 6.87. The number of hydrogen-bond donors (Lipinski definition) is 2. The molecule has 0 bridgehead atoms. The minimum Gasteiger partial charge on any atom is -0.497 e. The maximum Gasteiger partial charge on any atom is 0.270 e. The molecule has 11 heteroatoms. The second kappa shape index (κ2) is 10.5. The Morgan fingerprint density at radius 1 is 1.00 bits per heavy atom. The molecule has 0 atom stereocenters. The molecule has 0 radical (unpaired) electrons. The van der Waals surface area contributed by atoms with Crippen LogP contribution >= 0.6 is 0 Å². The van der Waals surface area contributed by atoms with Gasteiger partial charge in [-0.05, 0) is 48.0 Å². The maximum absolute atomic E-state index is 12.7. The lowest BCUT2D eigenvalue weighted by Gasteiger charge is -2.13. The average Bonchev–Trinajstić information content (AvgIpc) is 2.83. The van der Waals surface area contributed by atoms with Gasteiger partial charge in [-0.25, -0.2) is 8.42 Å². The number of nitrogens with one attached hydrogen (secondary N) is 2. The van der Waals surface area contributed by atoms with Crippen molar-refractivity contribution in [3.8, 4) is 11.5 Å². The second-order valence-corrected chi connectivity index (χ2v) is 8.55. The Labute approximate surface area is 196 Å². The summed E-state index contributed by atoms with van der Waals surface area (Å²) in [6, 6.07) is 16.1. The van der Waals surface area contributed by atoms with E-state index in [1.165, 1.54) is 74.9 Å².